The summed E-state index contributed by atoms with van der Waals surface area (Å²) in [4.78, 5) is 15.4. The fourth-order valence-electron chi connectivity index (χ4n) is 1.43. The van der Waals surface area contributed by atoms with Gasteiger partial charge in [0, 0.05) is 6.21 Å². The fourth-order valence-corrected chi connectivity index (χ4v) is 1.43. The van der Waals surface area contributed by atoms with Crippen LogP contribution in [0.5, 0.6) is 0 Å². The van der Waals surface area contributed by atoms with Crippen LogP contribution in [-0.4, -0.2) is 37.2 Å². The van der Waals surface area contributed by atoms with E-state index in [0.29, 0.717) is 0 Å². The summed E-state index contributed by atoms with van der Waals surface area (Å²) in [5.41, 5.74) is -0.264. The van der Waals surface area contributed by atoms with E-state index in [1.807, 2.05) is 5.43 Å². The second-order valence-corrected chi connectivity index (χ2v) is 3.84. The van der Waals surface area contributed by atoms with E-state index in [1.165, 1.54) is 12.2 Å². The summed E-state index contributed by atoms with van der Waals surface area (Å²) in [5.74, 6) is 1.19. The van der Waals surface area contributed by atoms with E-state index < -0.39 is 23.5 Å². The van der Waals surface area contributed by atoms with Crippen LogP contribution in [0, 0.1) is 0 Å². The molecule has 0 aliphatic carbocycles. The summed E-state index contributed by atoms with van der Waals surface area (Å²) in [6.45, 7) is 3.30. The Bertz CT molecular complexity index is 490. The van der Waals surface area contributed by atoms with Crippen molar-refractivity contribution in [2.45, 2.75) is 26.1 Å². The van der Waals surface area contributed by atoms with Gasteiger partial charge in [0.25, 0.3) is 0 Å². The summed E-state index contributed by atoms with van der Waals surface area (Å²) in [6.07, 6.45) is -2.35. The topological polar surface area (TPSA) is 75.1 Å². The molecule has 0 amide bonds. The molecule has 1 rings (SSSR count). The molecule has 1 aliphatic heterocycles. The molecule has 110 valence electrons. The second-order valence-electron chi connectivity index (χ2n) is 3.84. The van der Waals surface area contributed by atoms with Gasteiger partial charge in [-0.15, -0.1) is 0 Å². The van der Waals surface area contributed by atoms with Gasteiger partial charge < -0.3 is 10.2 Å². The highest BCUT2D eigenvalue weighted by Gasteiger charge is 2.41. The van der Waals surface area contributed by atoms with Gasteiger partial charge in [0.05, 0.1) is 18.0 Å². The number of allylic oxidation sites excluding steroid dienone is 2. The third-order valence-corrected chi connectivity index (χ3v) is 2.18. The molecule has 0 fully saturated rings. The summed E-state index contributed by atoms with van der Waals surface area (Å²) < 4.78 is 38.8. The first kappa shape index (κ1) is 15.8. The highest BCUT2D eigenvalue weighted by atomic mass is 19.4. The lowest BCUT2D eigenvalue weighted by Crippen LogP contribution is -2.36. The van der Waals surface area contributed by atoms with Crippen molar-refractivity contribution in [3.8, 4) is 0 Å². The third kappa shape index (κ3) is 4.13. The number of nitrogens with one attached hydrogen (secondary N) is 2. The maximum atomic E-state index is 12.9. The van der Waals surface area contributed by atoms with Crippen LogP contribution in [0.2, 0.25) is 0 Å². The quantitative estimate of drug-likeness (QED) is 0.452. The summed E-state index contributed by atoms with van der Waals surface area (Å²) >= 11 is 0. The van der Waals surface area contributed by atoms with E-state index in [2.05, 4.69) is 15.6 Å². The minimum atomic E-state index is -4.71. The number of nitrogens with zero attached hydrogens (tertiary/aromatic N) is 2. The molecule has 0 aromatic heterocycles. The van der Waals surface area contributed by atoms with Crippen LogP contribution in [0.3, 0.4) is 0 Å². The molecule has 0 aromatic carbocycles. The highest BCUT2D eigenvalue weighted by Crippen LogP contribution is 2.32. The number of oxime groups is 1. The molecule has 0 saturated heterocycles. The first-order valence-corrected chi connectivity index (χ1v) is 5.62. The van der Waals surface area contributed by atoms with E-state index in [-0.39, 0.29) is 12.3 Å². The molecule has 0 saturated carbocycles. The molecule has 0 bridgehead atoms. The fraction of sp³-hybridized carbons (Fsp3) is 0.455. The Labute approximate surface area is 113 Å². The van der Waals surface area contributed by atoms with Crippen LogP contribution in [0.4, 0.5) is 13.2 Å². The molecule has 2 N–H and O–H groups in total. The van der Waals surface area contributed by atoms with Crippen molar-refractivity contribution in [2.75, 3.05) is 6.61 Å². The van der Waals surface area contributed by atoms with Gasteiger partial charge >= 0.3 is 6.18 Å². The number of hydrogen-bond donors (Lipinski definition) is 2. The third-order valence-electron chi connectivity index (χ3n) is 2.18. The van der Waals surface area contributed by atoms with Crippen molar-refractivity contribution in [1.29, 1.82) is 0 Å². The molecule has 0 spiro atoms. The van der Waals surface area contributed by atoms with Gasteiger partial charge in [-0.25, -0.2) is 4.79 Å². The lowest BCUT2D eigenvalue weighted by Gasteiger charge is -2.22. The Morgan fingerprint density at radius 1 is 1.65 bits per heavy atom. The van der Waals surface area contributed by atoms with Gasteiger partial charge in [-0.3, -0.25) is 5.43 Å². The number of hydrazone groups is 1. The SMILES string of the molecule is CC=NOCC(C)NC1=C(C(F)(F)F)C(=C=O)NN=C1. The van der Waals surface area contributed by atoms with Crippen molar-refractivity contribution in [2.24, 2.45) is 10.3 Å². The van der Waals surface area contributed by atoms with Crippen LogP contribution in [0.1, 0.15) is 13.8 Å². The maximum Gasteiger partial charge on any atom is 0.421 e. The van der Waals surface area contributed by atoms with Gasteiger partial charge in [0.15, 0.2) is 11.6 Å². The zero-order chi connectivity index (χ0) is 15.2. The number of halogens is 3. The molecule has 0 radical (unpaired) electrons. The van der Waals surface area contributed by atoms with Gasteiger partial charge in [-0.1, -0.05) is 5.16 Å². The van der Waals surface area contributed by atoms with Crippen LogP contribution in [-0.2, 0) is 9.63 Å². The Kier molecular flexibility index (Phi) is 5.33. The molecule has 0 aromatic rings. The number of hydrogen-bond acceptors (Lipinski definition) is 6. The molecule has 1 aliphatic rings. The van der Waals surface area contributed by atoms with Crippen LogP contribution in [0.25, 0.3) is 0 Å². The molecule has 9 heteroatoms. The van der Waals surface area contributed by atoms with Gasteiger partial charge in [0.1, 0.15) is 12.2 Å². The molecule has 20 heavy (non-hydrogen) atoms. The van der Waals surface area contributed by atoms with E-state index in [1.54, 1.807) is 13.8 Å². The van der Waals surface area contributed by atoms with Crippen molar-refractivity contribution >= 4 is 18.4 Å². The zero-order valence-electron chi connectivity index (χ0n) is 10.8. The Morgan fingerprint density at radius 2 is 2.35 bits per heavy atom. The first-order chi connectivity index (χ1) is 9.40. The number of alkyl halides is 3. The predicted molar refractivity (Wildman–Crippen MR) is 66.6 cm³/mol. The number of rotatable bonds is 5. The highest BCUT2D eigenvalue weighted by molar-refractivity contribution is 5.84. The molecule has 1 atom stereocenters. The Hall–Kier alpha value is -2.28. The van der Waals surface area contributed by atoms with Gasteiger partial charge in [-0.2, -0.15) is 18.3 Å². The lowest BCUT2D eigenvalue weighted by atomic mass is 10.1. The van der Waals surface area contributed by atoms with E-state index in [9.17, 15) is 18.0 Å². The van der Waals surface area contributed by atoms with E-state index in [0.717, 1.165) is 6.21 Å². The van der Waals surface area contributed by atoms with Crippen LogP contribution < -0.4 is 10.7 Å². The van der Waals surface area contributed by atoms with Crippen molar-refractivity contribution in [3.63, 3.8) is 0 Å². The lowest BCUT2D eigenvalue weighted by molar-refractivity contribution is -0.0907. The summed E-state index contributed by atoms with van der Waals surface area (Å²) in [7, 11) is 0. The maximum absolute atomic E-state index is 12.9. The largest absolute Gasteiger partial charge is 0.421 e. The average Bonchev–Trinajstić information content (AvgIpc) is 2.37. The van der Waals surface area contributed by atoms with Crippen molar-refractivity contribution < 1.29 is 22.8 Å². The summed E-state index contributed by atoms with van der Waals surface area (Å²) in [5, 5.41) is 9.52. The Balaban J connectivity index is 2.95. The summed E-state index contributed by atoms with van der Waals surface area (Å²) in [6, 6.07) is -0.469. The minimum absolute atomic E-state index is 0.0559. The molecule has 1 unspecified atom stereocenters. The van der Waals surface area contributed by atoms with Gasteiger partial charge in [0.2, 0.25) is 0 Å². The molecule has 1 heterocycles. The molecular formula is C11H13F3N4O2. The van der Waals surface area contributed by atoms with E-state index in [4.69, 9.17) is 4.84 Å². The van der Waals surface area contributed by atoms with Crippen molar-refractivity contribution in [1.82, 2.24) is 10.7 Å². The predicted octanol–water partition coefficient (Wildman–Crippen LogP) is 1.11. The van der Waals surface area contributed by atoms with Gasteiger partial charge in [-0.05, 0) is 13.8 Å². The monoisotopic (exact) mass is 290 g/mol. The normalized spacial score (nSPS) is 16.9. The van der Waals surface area contributed by atoms with Crippen LogP contribution in [0.15, 0.2) is 27.2 Å². The zero-order valence-corrected chi connectivity index (χ0v) is 10.8. The van der Waals surface area contributed by atoms with Crippen molar-refractivity contribution in [3.05, 3.63) is 17.0 Å². The molecule has 6 nitrogen and oxygen atoms in total. The minimum Gasteiger partial charge on any atom is -0.394 e. The van der Waals surface area contributed by atoms with Crippen LogP contribution >= 0.6 is 0 Å². The van der Waals surface area contributed by atoms with E-state index >= 15 is 0 Å². The number of carbonyl (C=O) groups excluding carboxylic acids is 1. The average molecular weight is 290 g/mol. The Morgan fingerprint density at radius 3 is 2.90 bits per heavy atom. The second kappa shape index (κ2) is 6.76. The molecular weight excluding hydrogens is 277 g/mol. The standard InChI is InChI=1S/C11H13F3N4O2/c1-3-16-20-6-7(2)17-8-4-15-18-9(5-19)10(8)11(12,13)14/h3-4,7,17-18H,6H2,1-2H3. The smallest absolute Gasteiger partial charge is 0.394 e. The first-order valence-electron chi connectivity index (χ1n) is 5.62.